The first-order valence-electron chi connectivity index (χ1n) is 20.9. The van der Waals surface area contributed by atoms with Crippen molar-refractivity contribution in [3.05, 3.63) is 196 Å². The van der Waals surface area contributed by atoms with Gasteiger partial charge < -0.3 is 9.80 Å². The average molecular weight is 765 g/mol. The second kappa shape index (κ2) is 14.7. The standard InChI is InChI=1S/C57H52N2/c1-36-14-13-17-47(24-18-36)58(50-27-19-37(2)30-40(50)5)53-35-54(59(51-28-20-38(3)31-41(51)6)52-29-21-39(4)32-42(52)7)49-26-23-44-34-46(57(8,9)45-15-11-10-12-16-45)33-43-22-25-48(53)56(49)55(43)44/h10-12,14-16,18-35,47H,1-9H3. The topological polar surface area (TPSA) is 6.48 Å². The van der Waals surface area contributed by atoms with E-state index in [0.717, 1.165) is 22.6 Å². The van der Waals surface area contributed by atoms with Crippen LogP contribution in [0, 0.1) is 53.4 Å². The van der Waals surface area contributed by atoms with Gasteiger partial charge in [-0.25, -0.2) is 0 Å². The molecule has 0 spiro atoms. The van der Waals surface area contributed by atoms with E-state index in [9.17, 15) is 0 Å². The fourth-order valence-electron chi connectivity index (χ4n) is 9.38. The molecule has 2 nitrogen and oxygen atoms in total. The summed E-state index contributed by atoms with van der Waals surface area (Å²) in [5, 5.41) is 7.49. The van der Waals surface area contributed by atoms with E-state index in [4.69, 9.17) is 0 Å². The number of aryl methyl sites for hydroxylation is 6. The molecule has 0 N–H and O–H groups in total. The number of hydrogen-bond donors (Lipinski definition) is 0. The highest BCUT2D eigenvalue weighted by atomic mass is 15.2. The van der Waals surface area contributed by atoms with Gasteiger partial charge in [0.05, 0.1) is 11.4 Å². The number of anilines is 5. The monoisotopic (exact) mass is 764 g/mol. The first-order chi connectivity index (χ1) is 28.4. The summed E-state index contributed by atoms with van der Waals surface area (Å²) in [6, 6.07) is 48.0. The van der Waals surface area contributed by atoms with Crippen molar-refractivity contribution in [3.63, 3.8) is 0 Å². The minimum Gasteiger partial charge on any atom is -0.323 e. The van der Waals surface area contributed by atoms with Crippen molar-refractivity contribution in [2.24, 2.45) is 0 Å². The van der Waals surface area contributed by atoms with Gasteiger partial charge >= 0.3 is 0 Å². The molecular weight excluding hydrogens is 713 g/mol. The average Bonchev–Trinajstić information content (AvgIpc) is 3.43. The first-order valence-corrected chi connectivity index (χ1v) is 20.9. The van der Waals surface area contributed by atoms with E-state index in [1.165, 1.54) is 88.2 Å². The Balaban J connectivity index is 1.43. The van der Waals surface area contributed by atoms with Crippen molar-refractivity contribution in [2.75, 3.05) is 9.80 Å². The van der Waals surface area contributed by atoms with Gasteiger partial charge in [0, 0.05) is 38.6 Å². The van der Waals surface area contributed by atoms with Crippen molar-refractivity contribution < 1.29 is 0 Å². The first kappa shape index (κ1) is 38.0. The molecule has 8 aromatic rings. The van der Waals surface area contributed by atoms with Gasteiger partial charge in [0.1, 0.15) is 6.04 Å². The lowest BCUT2D eigenvalue weighted by atomic mass is 9.76. The van der Waals surface area contributed by atoms with Gasteiger partial charge in [0.2, 0.25) is 0 Å². The predicted molar refractivity (Wildman–Crippen MR) is 255 cm³/mol. The molecule has 0 saturated heterocycles. The lowest BCUT2D eigenvalue weighted by molar-refractivity contribution is 0.642. The number of nitrogens with zero attached hydrogens (tertiary/aromatic N) is 2. The Morgan fingerprint density at radius 3 is 1.59 bits per heavy atom. The van der Waals surface area contributed by atoms with Crippen LogP contribution in [-0.4, -0.2) is 6.04 Å². The third kappa shape index (κ3) is 6.66. The Hall–Kier alpha value is -6.56. The molecule has 1 aliphatic rings. The molecule has 1 unspecified atom stereocenters. The van der Waals surface area contributed by atoms with E-state index in [1.54, 1.807) is 0 Å². The molecule has 0 aliphatic heterocycles. The van der Waals surface area contributed by atoms with Crippen molar-refractivity contribution >= 4 is 60.8 Å². The van der Waals surface area contributed by atoms with E-state index >= 15 is 0 Å². The second-order valence-corrected chi connectivity index (χ2v) is 17.4. The maximum atomic E-state index is 3.66. The van der Waals surface area contributed by atoms with E-state index in [1.807, 2.05) is 6.08 Å². The fourth-order valence-corrected chi connectivity index (χ4v) is 9.38. The molecule has 0 radical (unpaired) electrons. The molecule has 8 aromatic carbocycles. The molecule has 0 fully saturated rings. The summed E-state index contributed by atoms with van der Waals surface area (Å²) in [5.41, 5.74) is 16.8. The molecule has 2 heteroatoms. The van der Waals surface area contributed by atoms with Gasteiger partial charge in [-0.2, -0.15) is 0 Å². The van der Waals surface area contributed by atoms with Gasteiger partial charge in [-0.15, -0.1) is 0 Å². The maximum Gasteiger partial charge on any atom is 0.114 e. The van der Waals surface area contributed by atoms with Crippen molar-refractivity contribution in [2.45, 2.75) is 73.8 Å². The molecule has 290 valence electrons. The zero-order valence-electron chi connectivity index (χ0n) is 35.8. The summed E-state index contributed by atoms with van der Waals surface area (Å²) in [4.78, 5) is 5.01. The number of hydrogen-bond acceptors (Lipinski definition) is 2. The zero-order chi connectivity index (χ0) is 41.2. The third-order valence-electron chi connectivity index (χ3n) is 12.5. The van der Waals surface area contributed by atoms with Crippen molar-refractivity contribution in [1.82, 2.24) is 0 Å². The van der Waals surface area contributed by atoms with Crippen LogP contribution in [0.25, 0.3) is 32.3 Å². The molecule has 0 aromatic heterocycles. The van der Waals surface area contributed by atoms with Gasteiger partial charge in [-0.05, 0) is 134 Å². The summed E-state index contributed by atoms with van der Waals surface area (Å²) in [7, 11) is 0. The molecule has 0 amide bonds. The van der Waals surface area contributed by atoms with Crippen LogP contribution < -0.4 is 9.80 Å². The maximum absolute atomic E-state index is 3.66. The van der Waals surface area contributed by atoms with Crippen LogP contribution in [0.4, 0.5) is 28.4 Å². The van der Waals surface area contributed by atoms with Crippen LogP contribution in [0.3, 0.4) is 0 Å². The van der Waals surface area contributed by atoms with Crippen LogP contribution in [0.5, 0.6) is 0 Å². The lowest BCUT2D eigenvalue weighted by Crippen LogP contribution is -2.29. The molecule has 9 rings (SSSR count). The summed E-state index contributed by atoms with van der Waals surface area (Å²) in [6.07, 6.45) is 6.51. The highest BCUT2D eigenvalue weighted by molar-refractivity contribution is 6.29. The third-order valence-corrected chi connectivity index (χ3v) is 12.5. The highest BCUT2D eigenvalue weighted by Gasteiger charge is 2.29. The molecule has 0 bridgehead atoms. The second-order valence-electron chi connectivity index (χ2n) is 17.4. The largest absolute Gasteiger partial charge is 0.323 e. The SMILES string of the molecule is CC1=CC#CC(N(c2ccc(C)cc2C)c2cc(N(c3ccc(C)cc3C)c3ccc(C)cc3C)c3ccc4cc(C(C)(C)c5ccccc5)cc5ccc2c3c45)C=C1. The highest BCUT2D eigenvalue weighted by Crippen LogP contribution is 2.51. The molecule has 1 atom stereocenters. The lowest BCUT2D eigenvalue weighted by Gasteiger charge is -2.35. The normalized spacial score (nSPS) is 14.1. The van der Waals surface area contributed by atoms with Crippen LogP contribution in [0.2, 0.25) is 0 Å². The molecular formula is C57H52N2. The quantitative estimate of drug-likeness (QED) is 0.112. The minimum absolute atomic E-state index is 0.179. The van der Waals surface area contributed by atoms with Crippen LogP contribution >= 0.6 is 0 Å². The van der Waals surface area contributed by atoms with Crippen LogP contribution in [0.15, 0.2) is 151 Å². The fraction of sp³-hybridized carbons (Fsp3) is 0.193. The smallest absolute Gasteiger partial charge is 0.114 e. The zero-order valence-corrected chi connectivity index (χ0v) is 35.8. The van der Waals surface area contributed by atoms with E-state index in [-0.39, 0.29) is 11.5 Å². The Kier molecular flexibility index (Phi) is 9.45. The minimum atomic E-state index is -0.203. The Morgan fingerprint density at radius 2 is 1.03 bits per heavy atom. The van der Waals surface area contributed by atoms with Gasteiger partial charge in [-0.3, -0.25) is 0 Å². The number of allylic oxidation sites excluding steroid dienone is 3. The van der Waals surface area contributed by atoms with Crippen LogP contribution in [-0.2, 0) is 5.41 Å². The van der Waals surface area contributed by atoms with E-state index in [2.05, 4.69) is 224 Å². The molecule has 59 heavy (non-hydrogen) atoms. The van der Waals surface area contributed by atoms with Gasteiger partial charge in [0.25, 0.3) is 0 Å². The predicted octanol–water partition coefficient (Wildman–Crippen LogP) is 15.3. The molecule has 1 aliphatic carbocycles. The molecule has 0 saturated carbocycles. The summed E-state index contributed by atoms with van der Waals surface area (Å²) in [5.74, 6) is 7.08. The van der Waals surface area contributed by atoms with E-state index in [0.29, 0.717) is 0 Å². The van der Waals surface area contributed by atoms with Gasteiger partial charge in [-0.1, -0.05) is 152 Å². The number of benzene rings is 8. The van der Waals surface area contributed by atoms with Gasteiger partial charge in [0.15, 0.2) is 0 Å². The Labute approximate surface area is 350 Å². The number of rotatable bonds is 8. The Bertz CT molecular complexity index is 2990. The summed E-state index contributed by atoms with van der Waals surface area (Å²) >= 11 is 0. The Morgan fingerprint density at radius 1 is 0.492 bits per heavy atom. The summed E-state index contributed by atoms with van der Waals surface area (Å²) in [6.45, 7) is 20.1. The molecule has 0 heterocycles. The van der Waals surface area contributed by atoms with Crippen molar-refractivity contribution in [1.29, 1.82) is 0 Å². The van der Waals surface area contributed by atoms with Crippen LogP contribution in [0.1, 0.15) is 65.3 Å². The summed E-state index contributed by atoms with van der Waals surface area (Å²) < 4.78 is 0. The van der Waals surface area contributed by atoms with E-state index < -0.39 is 0 Å². The van der Waals surface area contributed by atoms with Crippen molar-refractivity contribution in [3.8, 4) is 11.8 Å².